The van der Waals surface area contributed by atoms with E-state index < -0.39 is 6.10 Å². The lowest BCUT2D eigenvalue weighted by Crippen LogP contribution is -2.48. The fourth-order valence-electron chi connectivity index (χ4n) is 2.72. The minimum atomic E-state index is -0.545. The molecule has 2 atom stereocenters. The summed E-state index contributed by atoms with van der Waals surface area (Å²) in [5.74, 6) is 1.33. The molecule has 1 amide bonds. The molecule has 0 bridgehead atoms. The third-order valence-electron chi connectivity index (χ3n) is 3.82. The number of halogens is 1. The normalized spacial score (nSPS) is 23.3. The SMILES string of the molecule is CN(CC1CCCN1)C(=O)C1COc2ccccc2O1.Cl. The van der Waals surface area contributed by atoms with Gasteiger partial charge in [0.05, 0.1) is 0 Å². The van der Waals surface area contributed by atoms with Gasteiger partial charge in [-0.05, 0) is 31.5 Å². The van der Waals surface area contributed by atoms with Crippen LogP contribution in [0.1, 0.15) is 12.8 Å². The first kappa shape index (κ1) is 15.9. The van der Waals surface area contributed by atoms with E-state index in [1.54, 1.807) is 4.90 Å². The molecule has 2 aliphatic heterocycles. The topological polar surface area (TPSA) is 50.8 Å². The smallest absolute Gasteiger partial charge is 0.267 e. The first-order valence-corrected chi connectivity index (χ1v) is 7.11. The second kappa shape index (κ2) is 7.00. The molecule has 1 aromatic rings. The summed E-state index contributed by atoms with van der Waals surface area (Å²) >= 11 is 0. The highest BCUT2D eigenvalue weighted by Gasteiger charge is 2.30. The van der Waals surface area contributed by atoms with Crippen LogP contribution in [0.4, 0.5) is 0 Å². The van der Waals surface area contributed by atoms with Crippen LogP contribution in [0.5, 0.6) is 11.5 Å². The first-order chi connectivity index (χ1) is 9.74. The van der Waals surface area contributed by atoms with E-state index in [-0.39, 0.29) is 24.9 Å². The highest BCUT2D eigenvalue weighted by Crippen LogP contribution is 2.31. The number of para-hydroxylation sites is 2. The van der Waals surface area contributed by atoms with Crippen molar-refractivity contribution in [3.63, 3.8) is 0 Å². The summed E-state index contributed by atoms with van der Waals surface area (Å²) in [5, 5.41) is 3.39. The second-order valence-electron chi connectivity index (χ2n) is 5.38. The lowest BCUT2D eigenvalue weighted by atomic mass is 10.2. The molecule has 116 valence electrons. The molecule has 0 spiro atoms. The fourth-order valence-corrected chi connectivity index (χ4v) is 2.72. The number of fused-ring (bicyclic) bond motifs is 1. The van der Waals surface area contributed by atoms with E-state index in [9.17, 15) is 4.79 Å². The number of hydrogen-bond donors (Lipinski definition) is 1. The molecule has 0 aliphatic carbocycles. The zero-order valence-electron chi connectivity index (χ0n) is 12.1. The molecule has 0 radical (unpaired) electrons. The second-order valence-corrected chi connectivity index (χ2v) is 5.38. The van der Waals surface area contributed by atoms with Crippen molar-refractivity contribution >= 4 is 18.3 Å². The maximum Gasteiger partial charge on any atom is 0.267 e. The fraction of sp³-hybridized carbons (Fsp3) is 0.533. The molecule has 3 rings (SSSR count). The Morgan fingerprint density at radius 1 is 1.38 bits per heavy atom. The third-order valence-corrected chi connectivity index (χ3v) is 3.82. The van der Waals surface area contributed by atoms with Crippen molar-refractivity contribution in [3.8, 4) is 11.5 Å². The molecule has 1 N–H and O–H groups in total. The number of amides is 1. The molecule has 5 nitrogen and oxygen atoms in total. The van der Waals surface area contributed by atoms with Gasteiger partial charge in [-0.25, -0.2) is 0 Å². The Morgan fingerprint density at radius 3 is 2.86 bits per heavy atom. The summed E-state index contributed by atoms with van der Waals surface area (Å²) in [4.78, 5) is 14.1. The molecular formula is C15H21ClN2O3. The number of carbonyl (C=O) groups is 1. The maximum absolute atomic E-state index is 12.4. The molecule has 0 aromatic heterocycles. The van der Waals surface area contributed by atoms with Gasteiger partial charge in [-0.1, -0.05) is 12.1 Å². The van der Waals surface area contributed by atoms with Gasteiger partial charge >= 0.3 is 0 Å². The molecule has 1 saturated heterocycles. The number of benzene rings is 1. The Labute approximate surface area is 131 Å². The molecule has 21 heavy (non-hydrogen) atoms. The van der Waals surface area contributed by atoms with E-state index in [1.165, 1.54) is 6.42 Å². The van der Waals surface area contributed by atoms with E-state index in [0.717, 1.165) is 19.5 Å². The maximum atomic E-state index is 12.4. The molecule has 2 heterocycles. The summed E-state index contributed by atoms with van der Waals surface area (Å²) in [6.07, 6.45) is 1.77. The highest BCUT2D eigenvalue weighted by molar-refractivity contribution is 5.85. The predicted octanol–water partition coefficient (Wildman–Crippen LogP) is 1.46. The van der Waals surface area contributed by atoms with Crippen molar-refractivity contribution < 1.29 is 14.3 Å². The summed E-state index contributed by atoms with van der Waals surface area (Å²) < 4.78 is 11.3. The van der Waals surface area contributed by atoms with Gasteiger partial charge in [0.1, 0.15) is 6.61 Å². The van der Waals surface area contributed by atoms with Crippen molar-refractivity contribution in [2.24, 2.45) is 0 Å². The Bertz CT molecular complexity index is 492. The minimum Gasteiger partial charge on any atom is -0.485 e. The number of likely N-dealkylation sites (N-methyl/N-ethyl adjacent to an activating group) is 1. The van der Waals surface area contributed by atoms with Gasteiger partial charge in [-0.3, -0.25) is 4.79 Å². The summed E-state index contributed by atoms with van der Waals surface area (Å²) in [6, 6.07) is 7.85. The standard InChI is InChI=1S/C15H20N2O3.ClH/c1-17(9-11-5-4-8-16-11)15(18)14-10-19-12-6-2-3-7-13(12)20-14;/h2-3,6-7,11,14,16H,4-5,8-10H2,1H3;1H. The van der Waals surface area contributed by atoms with E-state index in [1.807, 2.05) is 31.3 Å². The van der Waals surface area contributed by atoms with Gasteiger partial charge in [0.2, 0.25) is 6.10 Å². The molecule has 1 aromatic carbocycles. The molecule has 2 unspecified atom stereocenters. The van der Waals surface area contributed by atoms with E-state index in [4.69, 9.17) is 9.47 Å². The third kappa shape index (κ3) is 3.60. The van der Waals surface area contributed by atoms with Crippen LogP contribution >= 0.6 is 12.4 Å². The summed E-state index contributed by atoms with van der Waals surface area (Å²) in [6.45, 7) is 2.04. The van der Waals surface area contributed by atoms with Crippen LogP contribution in [-0.4, -0.2) is 49.7 Å². The number of nitrogens with zero attached hydrogens (tertiary/aromatic N) is 1. The van der Waals surface area contributed by atoms with Gasteiger partial charge < -0.3 is 19.7 Å². The average molecular weight is 313 g/mol. The van der Waals surface area contributed by atoms with Gasteiger partial charge in [0, 0.05) is 19.6 Å². The monoisotopic (exact) mass is 312 g/mol. The number of nitrogens with one attached hydrogen (secondary N) is 1. The van der Waals surface area contributed by atoms with Gasteiger partial charge in [-0.15, -0.1) is 12.4 Å². The van der Waals surface area contributed by atoms with E-state index in [0.29, 0.717) is 17.5 Å². The number of hydrogen-bond acceptors (Lipinski definition) is 4. The first-order valence-electron chi connectivity index (χ1n) is 7.11. The van der Waals surface area contributed by atoms with Crippen molar-refractivity contribution in [3.05, 3.63) is 24.3 Å². The Hall–Kier alpha value is -1.46. The van der Waals surface area contributed by atoms with Gasteiger partial charge in [-0.2, -0.15) is 0 Å². The van der Waals surface area contributed by atoms with Crippen molar-refractivity contribution in [1.29, 1.82) is 0 Å². The van der Waals surface area contributed by atoms with Crippen LogP contribution in [-0.2, 0) is 4.79 Å². The predicted molar refractivity (Wildman–Crippen MR) is 82.3 cm³/mol. The highest BCUT2D eigenvalue weighted by atomic mass is 35.5. The lowest BCUT2D eigenvalue weighted by molar-refractivity contribution is -0.140. The number of ether oxygens (including phenoxy) is 2. The minimum absolute atomic E-state index is 0. The summed E-state index contributed by atoms with van der Waals surface area (Å²) in [7, 11) is 1.83. The Balaban J connectivity index is 0.00000161. The zero-order chi connectivity index (χ0) is 13.9. The average Bonchev–Trinajstić information content (AvgIpc) is 2.99. The van der Waals surface area contributed by atoms with E-state index in [2.05, 4.69) is 5.32 Å². The van der Waals surface area contributed by atoms with Gasteiger partial charge in [0.15, 0.2) is 11.5 Å². The molecule has 1 fully saturated rings. The largest absolute Gasteiger partial charge is 0.485 e. The van der Waals surface area contributed by atoms with Crippen LogP contribution < -0.4 is 14.8 Å². The van der Waals surface area contributed by atoms with Crippen LogP contribution in [0, 0.1) is 0 Å². The van der Waals surface area contributed by atoms with Crippen LogP contribution in [0.3, 0.4) is 0 Å². The van der Waals surface area contributed by atoms with Crippen LogP contribution in [0.15, 0.2) is 24.3 Å². The van der Waals surface area contributed by atoms with E-state index >= 15 is 0 Å². The number of carbonyl (C=O) groups excluding carboxylic acids is 1. The lowest BCUT2D eigenvalue weighted by Gasteiger charge is -2.30. The van der Waals surface area contributed by atoms with Crippen molar-refractivity contribution in [2.75, 3.05) is 26.7 Å². The van der Waals surface area contributed by atoms with Crippen molar-refractivity contribution in [1.82, 2.24) is 10.2 Å². The zero-order valence-corrected chi connectivity index (χ0v) is 12.9. The Morgan fingerprint density at radius 2 is 2.14 bits per heavy atom. The molecule has 0 saturated carbocycles. The van der Waals surface area contributed by atoms with Crippen LogP contribution in [0.25, 0.3) is 0 Å². The van der Waals surface area contributed by atoms with Crippen molar-refractivity contribution in [2.45, 2.75) is 25.0 Å². The molecule has 6 heteroatoms. The quantitative estimate of drug-likeness (QED) is 0.918. The van der Waals surface area contributed by atoms with Crippen LogP contribution in [0.2, 0.25) is 0 Å². The Kier molecular flexibility index (Phi) is 5.31. The molecular weight excluding hydrogens is 292 g/mol. The van der Waals surface area contributed by atoms with Gasteiger partial charge in [0.25, 0.3) is 5.91 Å². The molecule has 2 aliphatic rings. The number of rotatable bonds is 3. The summed E-state index contributed by atoms with van der Waals surface area (Å²) in [5.41, 5.74) is 0.